The van der Waals surface area contributed by atoms with Crippen LogP contribution in [0.15, 0.2) is 53.7 Å². The number of nitrogens with zero attached hydrogens (tertiary/aromatic N) is 3. The quantitative estimate of drug-likeness (QED) is 0.537. The van der Waals surface area contributed by atoms with Crippen LogP contribution in [-0.2, 0) is 29.5 Å². The first-order valence-electron chi connectivity index (χ1n) is 10.9. The lowest BCUT2D eigenvalue weighted by Crippen LogP contribution is -2.25. The molecule has 0 atom stereocenters. The summed E-state index contributed by atoms with van der Waals surface area (Å²) in [5.41, 5.74) is 3.33. The summed E-state index contributed by atoms with van der Waals surface area (Å²) < 4.78 is 35.2. The number of ether oxygens (including phenoxy) is 1. The van der Waals surface area contributed by atoms with Gasteiger partial charge in [0.05, 0.1) is 4.90 Å². The third-order valence-electron chi connectivity index (χ3n) is 5.82. The van der Waals surface area contributed by atoms with Crippen LogP contribution in [0.3, 0.4) is 0 Å². The predicted molar refractivity (Wildman–Crippen MR) is 129 cm³/mol. The normalized spacial score (nSPS) is 14.4. The summed E-state index contributed by atoms with van der Waals surface area (Å²) >= 11 is 6.17. The SMILES string of the molecule is CCN1CCc2cc(OCc3cccnc3)c(NS(=O)(=O)c3cccc(Cl)c3C)nc2CC1. The standard InChI is InChI=1S/C24H27ClN4O3S/c1-3-29-12-9-19-14-22(32-16-18-6-5-11-26-15-18)24(27-21(19)10-13-29)28-33(30,31)23-8-4-7-20(25)17(23)2/h4-8,11,14-15H,3,9-10,12-13,16H2,1-2H3,(H,27,28). The minimum absolute atomic E-state index is 0.113. The van der Waals surface area contributed by atoms with Crippen molar-refractivity contribution in [2.75, 3.05) is 24.4 Å². The van der Waals surface area contributed by atoms with Gasteiger partial charge >= 0.3 is 0 Å². The Morgan fingerprint density at radius 2 is 2.00 bits per heavy atom. The summed E-state index contributed by atoms with van der Waals surface area (Å²) in [5, 5.41) is 0.389. The van der Waals surface area contributed by atoms with Gasteiger partial charge in [-0.25, -0.2) is 13.4 Å². The Labute approximate surface area is 199 Å². The van der Waals surface area contributed by atoms with Crippen molar-refractivity contribution in [1.82, 2.24) is 14.9 Å². The van der Waals surface area contributed by atoms with Crippen LogP contribution >= 0.6 is 11.6 Å². The molecule has 1 aromatic carbocycles. The Bertz CT molecular complexity index is 1240. The highest BCUT2D eigenvalue weighted by molar-refractivity contribution is 7.92. The molecule has 3 heterocycles. The van der Waals surface area contributed by atoms with Crippen LogP contribution in [0.25, 0.3) is 0 Å². The maximum atomic E-state index is 13.3. The third-order valence-corrected chi connectivity index (χ3v) is 7.71. The molecule has 7 nitrogen and oxygen atoms in total. The van der Waals surface area contributed by atoms with Gasteiger partial charge < -0.3 is 9.64 Å². The van der Waals surface area contributed by atoms with E-state index in [1.165, 1.54) is 6.07 Å². The predicted octanol–water partition coefficient (Wildman–Crippen LogP) is 4.24. The number of hydrogen-bond acceptors (Lipinski definition) is 6. The molecule has 0 amide bonds. The first-order valence-corrected chi connectivity index (χ1v) is 12.8. The van der Waals surface area contributed by atoms with Gasteiger partial charge in [-0.3, -0.25) is 9.71 Å². The molecule has 3 aromatic rings. The van der Waals surface area contributed by atoms with E-state index in [9.17, 15) is 8.42 Å². The average Bonchev–Trinajstić information content (AvgIpc) is 3.01. The molecule has 9 heteroatoms. The summed E-state index contributed by atoms with van der Waals surface area (Å²) in [7, 11) is -3.92. The minimum atomic E-state index is -3.92. The van der Waals surface area contributed by atoms with Gasteiger partial charge in [0.2, 0.25) is 0 Å². The molecule has 0 aliphatic carbocycles. The lowest BCUT2D eigenvalue weighted by atomic mass is 10.1. The molecule has 0 spiro atoms. The van der Waals surface area contributed by atoms with Gasteiger partial charge in [0.15, 0.2) is 11.6 Å². The van der Waals surface area contributed by atoms with E-state index in [-0.39, 0.29) is 17.3 Å². The molecule has 174 valence electrons. The molecule has 0 saturated carbocycles. The van der Waals surface area contributed by atoms with Gasteiger partial charge in [0.25, 0.3) is 10.0 Å². The fourth-order valence-electron chi connectivity index (χ4n) is 3.86. The van der Waals surface area contributed by atoms with Crippen LogP contribution < -0.4 is 9.46 Å². The molecule has 1 N–H and O–H groups in total. The van der Waals surface area contributed by atoms with Crippen molar-refractivity contribution in [2.24, 2.45) is 0 Å². The zero-order valence-electron chi connectivity index (χ0n) is 18.7. The molecule has 4 rings (SSSR count). The lowest BCUT2D eigenvalue weighted by Gasteiger charge is -2.17. The average molecular weight is 487 g/mol. The van der Waals surface area contributed by atoms with Crippen LogP contribution in [0.2, 0.25) is 5.02 Å². The number of hydrogen-bond donors (Lipinski definition) is 1. The summed E-state index contributed by atoms with van der Waals surface area (Å²) in [4.78, 5) is 11.3. The molecular weight excluding hydrogens is 460 g/mol. The van der Waals surface area contributed by atoms with Crippen molar-refractivity contribution in [3.63, 3.8) is 0 Å². The number of anilines is 1. The third kappa shape index (κ3) is 5.46. The fourth-order valence-corrected chi connectivity index (χ4v) is 5.38. The van der Waals surface area contributed by atoms with Crippen molar-refractivity contribution in [3.05, 3.63) is 76.2 Å². The van der Waals surface area contributed by atoms with Gasteiger partial charge in [-0.1, -0.05) is 30.7 Å². The van der Waals surface area contributed by atoms with Gasteiger partial charge in [-0.2, -0.15) is 0 Å². The van der Waals surface area contributed by atoms with Gasteiger partial charge in [-0.15, -0.1) is 0 Å². The molecule has 0 radical (unpaired) electrons. The second-order valence-corrected chi connectivity index (χ2v) is 10.1. The molecule has 2 aromatic heterocycles. The molecule has 0 saturated heterocycles. The monoisotopic (exact) mass is 486 g/mol. The number of nitrogens with one attached hydrogen (secondary N) is 1. The number of likely N-dealkylation sites (N-methyl/N-ethyl adjacent to an activating group) is 1. The van der Waals surface area contributed by atoms with E-state index in [1.807, 2.05) is 18.2 Å². The van der Waals surface area contributed by atoms with Gasteiger partial charge in [-0.05, 0) is 55.3 Å². The Kier molecular flexibility index (Phi) is 7.17. The van der Waals surface area contributed by atoms with E-state index in [2.05, 4.69) is 21.5 Å². The zero-order chi connectivity index (χ0) is 23.4. The van der Waals surface area contributed by atoms with Crippen LogP contribution in [0.4, 0.5) is 5.82 Å². The molecular formula is C24H27ClN4O3S. The van der Waals surface area contributed by atoms with E-state index >= 15 is 0 Å². The fraction of sp³-hybridized carbons (Fsp3) is 0.333. The molecule has 33 heavy (non-hydrogen) atoms. The summed E-state index contributed by atoms with van der Waals surface area (Å²) in [6.07, 6.45) is 4.99. The Hall–Kier alpha value is -2.68. The number of sulfonamides is 1. The number of fused-ring (bicyclic) bond motifs is 1. The topological polar surface area (TPSA) is 84.4 Å². The maximum absolute atomic E-state index is 13.3. The number of benzene rings is 1. The van der Waals surface area contributed by atoms with E-state index in [0.29, 0.717) is 16.3 Å². The summed E-state index contributed by atoms with van der Waals surface area (Å²) in [6, 6.07) is 10.5. The molecule has 0 unspecified atom stereocenters. The maximum Gasteiger partial charge on any atom is 0.263 e. The highest BCUT2D eigenvalue weighted by Gasteiger charge is 2.24. The van der Waals surface area contributed by atoms with E-state index < -0.39 is 10.0 Å². The molecule has 0 fully saturated rings. The van der Waals surface area contributed by atoms with E-state index in [1.54, 1.807) is 31.5 Å². The van der Waals surface area contributed by atoms with E-state index in [4.69, 9.17) is 21.3 Å². The van der Waals surface area contributed by atoms with Gasteiger partial charge in [0.1, 0.15) is 6.61 Å². The molecule has 1 aliphatic rings. The highest BCUT2D eigenvalue weighted by Crippen LogP contribution is 2.31. The first-order chi connectivity index (χ1) is 15.9. The smallest absolute Gasteiger partial charge is 0.263 e. The largest absolute Gasteiger partial charge is 0.485 e. The van der Waals surface area contributed by atoms with E-state index in [0.717, 1.165) is 49.3 Å². The number of halogens is 1. The van der Waals surface area contributed by atoms with Crippen molar-refractivity contribution < 1.29 is 13.2 Å². The van der Waals surface area contributed by atoms with Crippen LogP contribution in [-0.4, -0.2) is 42.9 Å². The first kappa shape index (κ1) is 23.5. The van der Waals surface area contributed by atoms with Crippen molar-refractivity contribution in [3.8, 4) is 5.75 Å². The van der Waals surface area contributed by atoms with Crippen LogP contribution in [0.1, 0.15) is 29.3 Å². The second kappa shape index (κ2) is 10.1. The van der Waals surface area contributed by atoms with Crippen molar-refractivity contribution in [1.29, 1.82) is 0 Å². The van der Waals surface area contributed by atoms with Crippen molar-refractivity contribution >= 4 is 27.4 Å². The zero-order valence-corrected chi connectivity index (χ0v) is 20.3. The van der Waals surface area contributed by atoms with Crippen molar-refractivity contribution in [2.45, 2.75) is 38.2 Å². The molecule has 1 aliphatic heterocycles. The second-order valence-electron chi connectivity index (χ2n) is 7.99. The van der Waals surface area contributed by atoms with Crippen LogP contribution in [0.5, 0.6) is 5.75 Å². The number of aromatic nitrogens is 2. The number of rotatable bonds is 7. The summed E-state index contributed by atoms with van der Waals surface area (Å²) in [6.45, 7) is 6.84. The van der Waals surface area contributed by atoms with Crippen LogP contribution in [0, 0.1) is 6.92 Å². The Morgan fingerprint density at radius 3 is 2.76 bits per heavy atom. The number of pyridine rings is 2. The Morgan fingerprint density at radius 1 is 1.18 bits per heavy atom. The lowest BCUT2D eigenvalue weighted by molar-refractivity contribution is 0.302. The summed E-state index contributed by atoms with van der Waals surface area (Å²) in [5.74, 6) is 0.577. The minimum Gasteiger partial charge on any atom is -0.485 e. The highest BCUT2D eigenvalue weighted by atomic mass is 35.5. The molecule has 0 bridgehead atoms. The van der Waals surface area contributed by atoms with Gasteiger partial charge in [0, 0.05) is 48.2 Å². The Balaban J connectivity index is 1.70.